The lowest BCUT2D eigenvalue weighted by Crippen LogP contribution is -2.14. The maximum Gasteiger partial charge on any atom is 0.231 e. The van der Waals surface area contributed by atoms with Gasteiger partial charge in [-0.3, -0.25) is 4.79 Å². The zero-order valence-electron chi connectivity index (χ0n) is 12.1. The topological polar surface area (TPSA) is 63.4 Å². The Morgan fingerprint density at radius 3 is 2.96 bits per heavy atom. The summed E-state index contributed by atoms with van der Waals surface area (Å²) in [7, 11) is 0. The van der Waals surface area contributed by atoms with Gasteiger partial charge >= 0.3 is 0 Å². The normalized spacial score (nSPS) is 12.6. The Hall–Kier alpha value is -2.66. The van der Waals surface area contributed by atoms with E-state index in [1.54, 1.807) is 18.2 Å². The zero-order chi connectivity index (χ0) is 15.8. The van der Waals surface area contributed by atoms with Crippen LogP contribution in [0.3, 0.4) is 0 Å². The van der Waals surface area contributed by atoms with Gasteiger partial charge in [-0.25, -0.2) is 0 Å². The summed E-state index contributed by atoms with van der Waals surface area (Å²) in [5, 5.41) is 4.53. The molecule has 0 fully saturated rings. The van der Waals surface area contributed by atoms with E-state index in [0.29, 0.717) is 22.2 Å². The molecule has 0 aliphatic carbocycles. The molecule has 0 bridgehead atoms. The average molecular weight is 329 g/mol. The second-order valence-corrected chi connectivity index (χ2v) is 5.73. The number of carbonyl (C=O) groups excluding carboxylic acids is 1. The molecule has 2 heterocycles. The van der Waals surface area contributed by atoms with Crippen LogP contribution in [0.1, 0.15) is 5.56 Å². The molecule has 0 atom stereocenters. The monoisotopic (exact) mass is 328 g/mol. The third-order valence-electron chi connectivity index (χ3n) is 3.74. The summed E-state index contributed by atoms with van der Waals surface area (Å²) in [6.45, 7) is 0.213. The van der Waals surface area contributed by atoms with E-state index in [1.165, 1.54) is 0 Å². The van der Waals surface area contributed by atoms with Crippen molar-refractivity contribution in [3.8, 4) is 11.5 Å². The number of carbonyl (C=O) groups is 1. The third-order valence-corrected chi connectivity index (χ3v) is 3.97. The predicted molar refractivity (Wildman–Crippen MR) is 88.2 cm³/mol. The minimum absolute atomic E-state index is 0.0975. The predicted octanol–water partition coefficient (Wildman–Crippen LogP) is 3.73. The first-order valence-electron chi connectivity index (χ1n) is 7.14. The second kappa shape index (κ2) is 5.52. The Balaban J connectivity index is 1.51. The molecule has 2 aromatic carbocycles. The molecule has 1 aromatic heterocycles. The number of nitrogens with one attached hydrogen (secondary N) is 2. The van der Waals surface area contributed by atoms with E-state index in [0.717, 1.165) is 16.5 Å². The SMILES string of the molecule is O=C(Cc1c[nH]c2cc(Cl)ccc12)Nc1ccc2c(c1)OCO2. The van der Waals surface area contributed by atoms with E-state index >= 15 is 0 Å². The van der Waals surface area contributed by atoms with Gasteiger partial charge < -0.3 is 19.8 Å². The molecule has 5 nitrogen and oxygen atoms in total. The number of halogens is 1. The summed E-state index contributed by atoms with van der Waals surface area (Å²) in [4.78, 5) is 15.4. The summed E-state index contributed by atoms with van der Waals surface area (Å²) < 4.78 is 10.6. The standard InChI is InChI=1S/C17H13ClN2O3/c18-11-1-3-13-10(8-19-14(13)6-11)5-17(21)20-12-2-4-15-16(7-12)23-9-22-15/h1-4,6-8,19H,5,9H2,(H,20,21). The smallest absolute Gasteiger partial charge is 0.231 e. The highest BCUT2D eigenvalue weighted by molar-refractivity contribution is 6.31. The molecule has 0 saturated heterocycles. The fraction of sp³-hybridized carbons (Fsp3) is 0.118. The van der Waals surface area contributed by atoms with Crippen molar-refractivity contribution in [1.82, 2.24) is 4.98 Å². The minimum Gasteiger partial charge on any atom is -0.454 e. The molecular formula is C17H13ClN2O3. The van der Waals surface area contributed by atoms with Crippen LogP contribution in [0, 0.1) is 0 Å². The van der Waals surface area contributed by atoms with Gasteiger partial charge in [-0.05, 0) is 29.8 Å². The molecule has 116 valence electrons. The molecule has 1 amide bonds. The fourth-order valence-corrected chi connectivity index (χ4v) is 2.83. The number of hydrogen-bond donors (Lipinski definition) is 2. The lowest BCUT2D eigenvalue weighted by atomic mass is 10.1. The van der Waals surface area contributed by atoms with Crippen LogP contribution >= 0.6 is 11.6 Å². The highest BCUT2D eigenvalue weighted by Crippen LogP contribution is 2.34. The number of fused-ring (bicyclic) bond motifs is 2. The van der Waals surface area contributed by atoms with Gasteiger partial charge in [-0.1, -0.05) is 17.7 Å². The van der Waals surface area contributed by atoms with Gasteiger partial charge in [0.15, 0.2) is 11.5 Å². The van der Waals surface area contributed by atoms with Crippen molar-refractivity contribution in [3.05, 3.63) is 53.2 Å². The van der Waals surface area contributed by atoms with Gasteiger partial charge in [0, 0.05) is 33.9 Å². The molecule has 23 heavy (non-hydrogen) atoms. The molecule has 0 saturated carbocycles. The van der Waals surface area contributed by atoms with Gasteiger partial charge in [0.05, 0.1) is 6.42 Å². The lowest BCUT2D eigenvalue weighted by Gasteiger charge is -2.06. The van der Waals surface area contributed by atoms with E-state index in [9.17, 15) is 4.79 Å². The van der Waals surface area contributed by atoms with Gasteiger partial charge in [-0.15, -0.1) is 0 Å². The summed E-state index contributed by atoms with van der Waals surface area (Å²) in [6.07, 6.45) is 2.11. The zero-order valence-corrected chi connectivity index (χ0v) is 12.8. The van der Waals surface area contributed by atoms with Gasteiger partial charge in [-0.2, -0.15) is 0 Å². The van der Waals surface area contributed by atoms with Crippen molar-refractivity contribution in [2.45, 2.75) is 6.42 Å². The molecule has 0 unspecified atom stereocenters. The first-order valence-corrected chi connectivity index (χ1v) is 7.52. The first-order chi connectivity index (χ1) is 11.2. The van der Waals surface area contributed by atoms with Gasteiger partial charge in [0.1, 0.15) is 0 Å². The number of rotatable bonds is 3. The number of benzene rings is 2. The molecule has 0 spiro atoms. The van der Waals surface area contributed by atoms with Gasteiger partial charge in [0.2, 0.25) is 12.7 Å². The van der Waals surface area contributed by atoms with Crippen LogP contribution < -0.4 is 14.8 Å². The van der Waals surface area contributed by atoms with E-state index in [1.807, 2.05) is 24.4 Å². The molecule has 6 heteroatoms. The molecule has 2 N–H and O–H groups in total. The van der Waals surface area contributed by atoms with Crippen molar-refractivity contribution in [2.24, 2.45) is 0 Å². The largest absolute Gasteiger partial charge is 0.454 e. The maximum absolute atomic E-state index is 12.3. The van der Waals surface area contributed by atoms with E-state index in [-0.39, 0.29) is 19.1 Å². The van der Waals surface area contributed by atoms with Crippen LogP contribution in [0.4, 0.5) is 5.69 Å². The number of anilines is 1. The Bertz CT molecular complexity index is 904. The maximum atomic E-state index is 12.3. The Kier molecular flexibility index (Phi) is 3.35. The first kappa shape index (κ1) is 14.0. The summed E-state index contributed by atoms with van der Waals surface area (Å²) in [6, 6.07) is 10.9. The number of H-pyrrole nitrogens is 1. The molecule has 3 aromatic rings. The summed E-state index contributed by atoms with van der Waals surface area (Å²) >= 11 is 5.97. The molecule has 1 aliphatic heterocycles. The van der Waals surface area contributed by atoms with E-state index in [4.69, 9.17) is 21.1 Å². The van der Waals surface area contributed by atoms with E-state index < -0.39 is 0 Å². The van der Waals surface area contributed by atoms with Crippen molar-refractivity contribution in [2.75, 3.05) is 12.1 Å². The van der Waals surface area contributed by atoms with E-state index in [2.05, 4.69) is 10.3 Å². The van der Waals surface area contributed by atoms with Crippen molar-refractivity contribution in [3.63, 3.8) is 0 Å². The molecule has 4 rings (SSSR count). The highest BCUT2D eigenvalue weighted by atomic mass is 35.5. The lowest BCUT2D eigenvalue weighted by molar-refractivity contribution is -0.115. The quantitative estimate of drug-likeness (QED) is 0.770. The summed E-state index contributed by atoms with van der Waals surface area (Å²) in [5.41, 5.74) is 2.53. The number of hydrogen-bond acceptors (Lipinski definition) is 3. The van der Waals surface area contributed by atoms with Crippen molar-refractivity contribution < 1.29 is 14.3 Å². The molecular weight excluding hydrogens is 316 g/mol. The third kappa shape index (κ3) is 2.71. The van der Waals surface area contributed by atoms with Crippen molar-refractivity contribution >= 4 is 34.1 Å². The van der Waals surface area contributed by atoms with Crippen molar-refractivity contribution in [1.29, 1.82) is 0 Å². The van der Waals surface area contributed by atoms with Crippen LogP contribution in [0.15, 0.2) is 42.6 Å². The Labute approximate surface area is 137 Å². The minimum atomic E-state index is -0.0975. The van der Waals surface area contributed by atoms with Crippen LogP contribution in [0.25, 0.3) is 10.9 Å². The second-order valence-electron chi connectivity index (χ2n) is 5.30. The Morgan fingerprint density at radius 2 is 2.04 bits per heavy atom. The number of aromatic amines is 1. The van der Waals surface area contributed by atoms with Crippen LogP contribution in [0.5, 0.6) is 11.5 Å². The number of ether oxygens (including phenoxy) is 2. The summed E-state index contributed by atoms with van der Waals surface area (Å²) in [5.74, 6) is 1.24. The van der Waals surface area contributed by atoms with Gasteiger partial charge in [0.25, 0.3) is 0 Å². The van der Waals surface area contributed by atoms with Crippen LogP contribution in [0.2, 0.25) is 5.02 Å². The number of aromatic nitrogens is 1. The number of amides is 1. The molecule has 0 radical (unpaired) electrons. The fourth-order valence-electron chi connectivity index (χ4n) is 2.66. The Morgan fingerprint density at radius 1 is 1.17 bits per heavy atom. The van der Waals surface area contributed by atoms with Crippen LogP contribution in [-0.2, 0) is 11.2 Å². The highest BCUT2D eigenvalue weighted by Gasteiger charge is 2.15. The average Bonchev–Trinajstić information content (AvgIpc) is 3.13. The van der Waals surface area contributed by atoms with Crippen LogP contribution in [-0.4, -0.2) is 17.7 Å². The molecule has 1 aliphatic rings.